The normalized spacial score (nSPS) is 14.5. The molecule has 0 amide bonds. The van der Waals surface area contributed by atoms with Crippen LogP contribution < -0.4 is 0 Å². The Morgan fingerprint density at radius 2 is 0.472 bits per heavy atom. The summed E-state index contributed by atoms with van der Waals surface area (Å²) in [5.74, 6) is -2.38. The standard InChI is InChI=1S/C89H150O17P2/c1-5-9-13-17-21-25-29-33-37-39-41-43-47-49-53-57-61-65-69-73-86(91)99-79-84(105-88(93)75-71-67-63-59-55-51-45-35-31-27-23-19-15-11-7-3)81-103-107(95,96)101-77-83(90)78-102-108(97,98)104-82-85(106-89(94)76-72-68-64-60-56-52-46-36-32-28-24-20-16-12-8-4)80-100-87(92)74-70-66-62-58-54-50-48-44-42-40-38-34-30-26-22-18-14-10-6-2/h21-22,25-27,31,33-34,36-38,41-44,46,49-50,53-54,61-62,65-66,83-85,90H,5-20,23-24,28-30,32,35,39-40,45,47-48,51-52,55-60,63-64,67-82H2,1-4H3,(H,95,96)(H,97,98)/b25-21-,26-22-,31-27-,37-33-,38-34-,43-41-,44-42-,46-36-,53-49-,54-50-,65-61-,66-62-/t83-,84+,85+/m0/s1. The average Bonchev–Trinajstić information content (AvgIpc) is 0.923. The number of hydrogen-bond acceptors (Lipinski definition) is 15. The van der Waals surface area contributed by atoms with Gasteiger partial charge in [0.05, 0.1) is 26.4 Å². The number of carbonyl (C=O) groups is 4. The lowest BCUT2D eigenvalue weighted by atomic mass is 10.1. The van der Waals surface area contributed by atoms with E-state index in [1.54, 1.807) is 0 Å². The molecule has 0 aromatic heterocycles. The third-order valence-corrected chi connectivity index (χ3v) is 19.2. The maximum atomic E-state index is 13.1. The molecule has 0 fully saturated rings. The van der Waals surface area contributed by atoms with Gasteiger partial charge in [-0.25, -0.2) is 9.13 Å². The number of aliphatic hydroxyl groups is 1. The lowest BCUT2D eigenvalue weighted by molar-refractivity contribution is -0.161. The Kier molecular flexibility index (Phi) is 76.3. The van der Waals surface area contributed by atoms with Gasteiger partial charge in [-0.15, -0.1) is 0 Å². The summed E-state index contributed by atoms with van der Waals surface area (Å²) < 4.78 is 68.6. The molecule has 0 aromatic carbocycles. The number of carbonyl (C=O) groups excluding carboxylic acids is 4. The Morgan fingerprint density at radius 3 is 0.769 bits per heavy atom. The minimum absolute atomic E-state index is 0.0321. The second-order valence-electron chi connectivity index (χ2n) is 27.7. The van der Waals surface area contributed by atoms with Crippen LogP contribution in [0.5, 0.6) is 0 Å². The molecule has 0 aliphatic heterocycles. The van der Waals surface area contributed by atoms with Gasteiger partial charge in [-0.05, 0) is 154 Å². The highest BCUT2D eigenvalue weighted by Gasteiger charge is 2.30. The fourth-order valence-corrected chi connectivity index (χ4v) is 12.4. The Balaban J connectivity index is 5.50. The minimum Gasteiger partial charge on any atom is -0.462 e. The van der Waals surface area contributed by atoms with Crippen LogP contribution >= 0.6 is 15.6 Å². The second kappa shape index (κ2) is 80.0. The zero-order valence-corrected chi connectivity index (χ0v) is 69.5. The van der Waals surface area contributed by atoms with Crippen molar-refractivity contribution in [2.24, 2.45) is 0 Å². The molecule has 0 bridgehead atoms. The van der Waals surface area contributed by atoms with E-state index < -0.39 is 97.5 Å². The molecule has 108 heavy (non-hydrogen) atoms. The summed E-state index contributed by atoms with van der Waals surface area (Å²) in [6.45, 7) is 4.64. The number of unbranched alkanes of at least 4 members (excludes halogenated alkanes) is 28. The molecule has 0 saturated heterocycles. The van der Waals surface area contributed by atoms with Crippen molar-refractivity contribution >= 4 is 39.5 Å². The highest BCUT2D eigenvalue weighted by molar-refractivity contribution is 7.47. The molecule has 0 aliphatic rings. The van der Waals surface area contributed by atoms with Crippen LogP contribution in [0.1, 0.15) is 336 Å². The number of esters is 4. The van der Waals surface area contributed by atoms with Gasteiger partial charge in [-0.1, -0.05) is 302 Å². The maximum absolute atomic E-state index is 13.1. The monoisotopic (exact) mass is 1550 g/mol. The fraction of sp³-hybridized carbons (Fsp3) is 0.685. The number of allylic oxidation sites excluding steroid dienone is 24. The molecule has 0 heterocycles. The third-order valence-electron chi connectivity index (χ3n) is 17.3. The number of hydrogen-bond donors (Lipinski definition) is 3. The Hall–Kier alpha value is -5.06. The van der Waals surface area contributed by atoms with Crippen molar-refractivity contribution in [3.8, 4) is 0 Å². The molecule has 19 heteroatoms. The SMILES string of the molecule is CCCCC/C=C\C/C=C\C/C=C\C/C=C\C/C=C\CCC(=O)OC[C@H](COP(=O)(O)OC[C@@H](O)COP(=O)(O)OC[C@@H](COC(=O)CC/C=C\C/C=C\C/C=C\C/C=C\C/C=C\CCCCC)OC(=O)CCCCCCCCC/C=C\CCCCCC)OC(=O)CCCCCCC/C=C\CCCCCCCC. The summed E-state index contributed by atoms with van der Waals surface area (Å²) in [5, 5.41) is 10.7. The highest BCUT2D eigenvalue weighted by Crippen LogP contribution is 2.45. The Bertz CT molecular complexity index is 2610. The first-order valence-electron chi connectivity index (χ1n) is 42.1. The van der Waals surface area contributed by atoms with Gasteiger partial charge < -0.3 is 33.8 Å². The summed E-state index contributed by atoms with van der Waals surface area (Å²) >= 11 is 0. The molecule has 5 atom stereocenters. The summed E-state index contributed by atoms with van der Waals surface area (Å²) in [6.07, 6.45) is 92.7. The lowest BCUT2D eigenvalue weighted by Gasteiger charge is -2.21. The van der Waals surface area contributed by atoms with Gasteiger partial charge in [0, 0.05) is 25.7 Å². The van der Waals surface area contributed by atoms with Gasteiger partial charge in [0.15, 0.2) is 12.2 Å². The first kappa shape index (κ1) is 103. The average molecular weight is 1550 g/mol. The topological polar surface area (TPSA) is 237 Å². The Labute approximate surface area is 656 Å². The van der Waals surface area contributed by atoms with E-state index in [-0.39, 0.29) is 25.7 Å². The molecule has 0 rings (SSSR count). The summed E-state index contributed by atoms with van der Waals surface area (Å²) in [6, 6.07) is 0. The number of ether oxygens (including phenoxy) is 4. The molecule has 0 radical (unpaired) electrons. The van der Waals surface area contributed by atoms with Crippen molar-refractivity contribution < 1.29 is 80.2 Å². The number of aliphatic hydroxyl groups excluding tert-OH is 1. The molecule has 618 valence electrons. The third kappa shape index (κ3) is 79.0. The van der Waals surface area contributed by atoms with Crippen molar-refractivity contribution in [1.82, 2.24) is 0 Å². The van der Waals surface area contributed by atoms with Gasteiger partial charge >= 0.3 is 39.5 Å². The van der Waals surface area contributed by atoms with E-state index in [0.29, 0.717) is 38.5 Å². The Morgan fingerprint density at radius 1 is 0.259 bits per heavy atom. The summed E-state index contributed by atoms with van der Waals surface area (Å²) in [4.78, 5) is 73.1. The van der Waals surface area contributed by atoms with Crippen LogP contribution in [0.4, 0.5) is 0 Å². The van der Waals surface area contributed by atoms with E-state index in [0.717, 1.165) is 141 Å². The van der Waals surface area contributed by atoms with E-state index in [2.05, 4.69) is 149 Å². The molecular formula is C89H150O17P2. The molecule has 2 unspecified atom stereocenters. The largest absolute Gasteiger partial charge is 0.472 e. The molecule has 17 nitrogen and oxygen atoms in total. The van der Waals surface area contributed by atoms with Gasteiger partial charge in [0.1, 0.15) is 19.3 Å². The van der Waals surface area contributed by atoms with Crippen LogP contribution in [-0.4, -0.2) is 96.7 Å². The number of phosphoric acid groups is 2. The zero-order chi connectivity index (χ0) is 78.9. The van der Waals surface area contributed by atoms with E-state index in [4.69, 9.17) is 37.0 Å². The second-order valence-corrected chi connectivity index (χ2v) is 30.6. The van der Waals surface area contributed by atoms with Crippen molar-refractivity contribution in [3.05, 3.63) is 146 Å². The minimum atomic E-state index is -5.01. The van der Waals surface area contributed by atoms with Crippen LogP contribution in [0.25, 0.3) is 0 Å². The molecule has 0 spiro atoms. The van der Waals surface area contributed by atoms with E-state index in [1.165, 1.54) is 103 Å². The van der Waals surface area contributed by atoms with Crippen LogP contribution in [-0.2, 0) is 65.4 Å². The van der Waals surface area contributed by atoms with Crippen LogP contribution in [0, 0.1) is 0 Å². The first-order chi connectivity index (χ1) is 52.7. The highest BCUT2D eigenvalue weighted by atomic mass is 31.2. The van der Waals surface area contributed by atoms with Gasteiger partial charge in [-0.3, -0.25) is 37.3 Å². The van der Waals surface area contributed by atoms with E-state index >= 15 is 0 Å². The first-order valence-corrected chi connectivity index (χ1v) is 45.1. The quantitative estimate of drug-likeness (QED) is 0.0169. The predicted octanol–water partition coefficient (Wildman–Crippen LogP) is 25.0. The molecular weight excluding hydrogens is 1400 g/mol. The van der Waals surface area contributed by atoms with Gasteiger partial charge in [0.2, 0.25) is 0 Å². The van der Waals surface area contributed by atoms with E-state index in [1.807, 2.05) is 24.3 Å². The number of rotatable bonds is 78. The molecule has 3 N–H and O–H groups in total. The lowest BCUT2D eigenvalue weighted by Crippen LogP contribution is -2.30. The van der Waals surface area contributed by atoms with Gasteiger partial charge in [-0.2, -0.15) is 0 Å². The molecule has 0 aromatic rings. The van der Waals surface area contributed by atoms with Crippen LogP contribution in [0.2, 0.25) is 0 Å². The van der Waals surface area contributed by atoms with Crippen molar-refractivity contribution in [2.45, 2.75) is 354 Å². The summed E-state index contributed by atoms with van der Waals surface area (Å²) in [7, 11) is -10.0. The van der Waals surface area contributed by atoms with E-state index in [9.17, 15) is 43.2 Å². The smallest absolute Gasteiger partial charge is 0.462 e. The molecule has 0 saturated carbocycles. The van der Waals surface area contributed by atoms with Crippen LogP contribution in [0.3, 0.4) is 0 Å². The van der Waals surface area contributed by atoms with Crippen LogP contribution in [0.15, 0.2) is 146 Å². The van der Waals surface area contributed by atoms with Crippen molar-refractivity contribution in [1.29, 1.82) is 0 Å². The van der Waals surface area contributed by atoms with Gasteiger partial charge in [0.25, 0.3) is 0 Å². The predicted molar refractivity (Wildman–Crippen MR) is 445 cm³/mol. The zero-order valence-electron chi connectivity index (χ0n) is 67.7. The number of phosphoric ester groups is 2. The van der Waals surface area contributed by atoms with Crippen molar-refractivity contribution in [2.75, 3.05) is 39.6 Å². The maximum Gasteiger partial charge on any atom is 0.472 e. The van der Waals surface area contributed by atoms with Crippen molar-refractivity contribution in [3.63, 3.8) is 0 Å². The summed E-state index contributed by atoms with van der Waals surface area (Å²) in [5.41, 5.74) is 0. The fourth-order valence-electron chi connectivity index (χ4n) is 10.8. The molecule has 0 aliphatic carbocycles.